The molecular formula is C12H15BrClN3. The van der Waals surface area contributed by atoms with Crippen LogP contribution in [0.1, 0.15) is 37.9 Å². The van der Waals surface area contributed by atoms with Crippen molar-refractivity contribution in [1.29, 1.82) is 0 Å². The lowest BCUT2D eigenvalue weighted by Gasteiger charge is -2.08. The number of pyridine rings is 1. The van der Waals surface area contributed by atoms with Gasteiger partial charge in [0.25, 0.3) is 0 Å². The Bertz CT molecular complexity index is 522. The highest BCUT2D eigenvalue weighted by molar-refractivity contribution is 9.10. The molecule has 0 amide bonds. The molecule has 5 heteroatoms. The number of nitrogens with zero attached hydrogens (tertiary/aromatic N) is 3. The van der Waals surface area contributed by atoms with Gasteiger partial charge in [-0.15, -0.1) is 11.6 Å². The zero-order valence-corrected chi connectivity index (χ0v) is 12.3. The Morgan fingerprint density at radius 1 is 1.53 bits per heavy atom. The Hall–Kier alpha value is -0.610. The molecule has 0 bridgehead atoms. The number of hydrogen-bond donors (Lipinski definition) is 0. The third kappa shape index (κ3) is 2.63. The number of unbranched alkanes of at least 4 members (excludes halogenated alkanes) is 1. The van der Waals surface area contributed by atoms with Crippen LogP contribution >= 0.6 is 27.5 Å². The molecule has 0 aliphatic rings. The molecule has 0 aromatic carbocycles. The third-order valence-electron chi connectivity index (χ3n) is 2.67. The van der Waals surface area contributed by atoms with Crippen LogP contribution in [-0.4, -0.2) is 14.5 Å². The van der Waals surface area contributed by atoms with Crippen molar-refractivity contribution in [3.63, 3.8) is 0 Å². The molecular weight excluding hydrogens is 302 g/mol. The van der Waals surface area contributed by atoms with Crippen molar-refractivity contribution in [2.24, 2.45) is 0 Å². The van der Waals surface area contributed by atoms with E-state index in [1.54, 1.807) is 6.20 Å². The molecule has 3 nitrogen and oxygen atoms in total. The van der Waals surface area contributed by atoms with Crippen LogP contribution in [0.15, 0.2) is 16.7 Å². The van der Waals surface area contributed by atoms with Crippen LogP contribution in [-0.2, 0) is 6.54 Å². The van der Waals surface area contributed by atoms with Crippen molar-refractivity contribution < 1.29 is 0 Å². The van der Waals surface area contributed by atoms with Gasteiger partial charge in [-0.3, -0.25) is 0 Å². The molecule has 0 aliphatic carbocycles. The summed E-state index contributed by atoms with van der Waals surface area (Å²) < 4.78 is 3.07. The lowest BCUT2D eigenvalue weighted by atomic mass is 10.3. The molecule has 1 atom stereocenters. The van der Waals surface area contributed by atoms with E-state index in [2.05, 4.69) is 37.4 Å². The van der Waals surface area contributed by atoms with Crippen LogP contribution in [0, 0.1) is 0 Å². The summed E-state index contributed by atoms with van der Waals surface area (Å²) in [6.07, 6.45) is 4.06. The van der Waals surface area contributed by atoms with Crippen molar-refractivity contribution in [1.82, 2.24) is 14.5 Å². The summed E-state index contributed by atoms with van der Waals surface area (Å²) in [6, 6.07) is 1.98. The summed E-state index contributed by atoms with van der Waals surface area (Å²) in [5.74, 6) is 0.903. The molecule has 0 radical (unpaired) electrons. The van der Waals surface area contributed by atoms with Gasteiger partial charge in [-0.2, -0.15) is 0 Å². The highest BCUT2D eigenvalue weighted by Gasteiger charge is 2.15. The highest BCUT2D eigenvalue weighted by Crippen LogP contribution is 2.25. The van der Waals surface area contributed by atoms with E-state index in [-0.39, 0.29) is 5.38 Å². The Labute approximate surface area is 114 Å². The van der Waals surface area contributed by atoms with Gasteiger partial charge in [0.1, 0.15) is 11.3 Å². The molecule has 0 spiro atoms. The fourth-order valence-electron chi connectivity index (χ4n) is 1.84. The molecule has 2 rings (SSSR count). The minimum absolute atomic E-state index is 0.0974. The van der Waals surface area contributed by atoms with Crippen LogP contribution in [0.4, 0.5) is 0 Å². The molecule has 0 saturated carbocycles. The molecule has 2 aromatic rings. The predicted molar refractivity (Wildman–Crippen MR) is 74.4 cm³/mol. The smallest absolute Gasteiger partial charge is 0.160 e. The monoisotopic (exact) mass is 315 g/mol. The van der Waals surface area contributed by atoms with Crippen LogP contribution in [0.5, 0.6) is 0 Å². The summed E-state index contributed by atoms with van der Waals surface area (Å²) >= 11 is 9.59. The number of aryl methyl sites for hydroxylation is 1. The highest BCUT2D eigenvalue weighted by atomic mass is 79.9. The van der Waals surface area contributed by atoms with E-state index in [0.29, 0.717) is 0 Å². The van der Waals surface area contributed by atoms with E-state index in [1.807, 2.05) is 13.0 Å². The molecule has 92 valence electrons. The lowest BCUT2D eigenvalue weighted by Crippen LogP contribution is -2.05. The van der Waals surface area contributed by atoms with Gasteiger partial charge in [0.2, 0.25) is 0 Å². The zero-order valence-electron chi connectivity index (χ0n) is 9.95. The minimum atomic E-state index is -0.0974. The van der Waals surface area contributed by atoms with Gasteiger partial charge in [0.15, 0.2) is 5.65 Å². The average molecular weight is 317 g/mol. The van der Waals surface area contributed by atoms with E-state index in [4.69, 9.17) is 11.6 Å². The number of alkyl halides is 1. The third-order valence-corrected chi connectivity index (χ3v) is 3.30. The maximum Gasteiger partial charge on any atom is 0.160 e. The molecule has 17 heavy (non-hydrogen) atoms. The van der Waals surface area contributed by atoms with Gasteiger partial charge in [-0.25, -0.2) is 9.97 Å². The number of halogens is 2. The predicted octanol–water partition coefficient (Wildman–Crippen LogP) is 4.29. The quantitative estimate of drug-likeness (QED) is 0.788. The van der Waals surface area contributed by atoms with Crippen LogP contribution < -0.4 is 0 Å². The van der Waals surface area contributed by atoms with E-state index < -0.39 is 0 Å². The van der Waals surface area contributed by atoms with Crippen molar-refractivity contribution in [3.05, 3.63) is 22.6 Å². The van der Waals surface area contributed by atoms with Crippen molar-refractivity contribution in [2.45, 2.75) is 38.6 Å². The Kier molecular flexibility index (Phi) is 4.05. The summed E-state index contributed by atoms with van der Waals surface area (Å²) in [5, 5.41) is -0.0974. The largest absolute Gasteiger partial charge is 0.311 e. The summed E-state index contributed by atoms with van der Waals surface area (Å²) in [7, 11) is 0. The summed E-state index contributed by atoms with van der Waals surface area (Å²) in [5.41, 5.74) is 1.82. The van der Waals surface area contributed by atoms with Gasteiger partial charge >= 0.3 is 0 Å². The van der Waals surface area contributed by atoms with E-state index in [9.17, 15) is 0 Å². The molecule has 2 heterocycles. The molecule has 2 aromatic heterocycles. The summed E-state index contributed by atoms with van der Waals surface area (Å²) in [6.45, 7) is 5.04. The normalized spacial score (nSPS) is 13.2. The first-order valence-corrected chi connectivity index (χ1v) is 7.02. The standard InChI is InChI=1S/C12H15BrClN3/c1-3-4-5-17-11(8(2)14)16-10-6-9(13)7-15-12(10)17/h6-8H,3-5H2,1-2H3. The first kappa shape index (κ1) is 12.8. The van der Waals surface area contributed by atoms with Crippen LogP contribution in [0.3, 0.4) is 0 Å². The van der Waals surface area contributed by atoms with Crippen LogP contribution in [0.2, 0.25) is 0 Å². The topological polar surface area (TPSA) is 30.7 Å². The van der Waals surface area contributed by atoms with E-state index in [0.717, 1.165) is 40.8 Å². The fraction of sp³-hybridized carbons (Fsp3) is 0.500. The first-order chi connectivity index (χ1) is 8.13. The number of hydrogen-bond acceptors (Lipinski definition) is 2. The SMILES string of the molecule is CCCCn1c(C(C)Cl)nc2cc(Br)cnc21. The Balaban J connectivity index is 2.54. The van der Waals surface area contributed by atoms with E-state index in [1.165, 1.54) is 0 Å². The average Bonchev–Trinajstić information content (AvgIpc) is 2.64. The second-order valence-corrected chi connectivity index (χ2v) is 5.66. The van der Waals surface area contributed by atoms with Crippen molar-refractivity contribution >= 4 is 38.7 Å². The zero-order chi connectivity index (χ0) is 12.4. The number of imidazole rings is 1. The van der Waals surface area contributed by atoms with Gasteiger partial charge in [0.05, 0.1) is 5.38 Å². The molecule has 0 fully saturated rings. The van der Waals surface area contributed by atoms with E-state index >= 15 is 0 Å². The second kappa shape index (κ2) is 5.36. The van der Waals surface area contributed by atoms with Gasteiger partial charge < -0.3 is 4.57 Å². The van der Waals surface area contributed by atoms with Gasteiger partial charge in [0, 0.05) is 17.2 Å². The number of fused-ring (bicyclic) bond motifs is 1. The molecule has 0 saturated heterocycles. The van der Waals surface area contributed by atoms with Crippen molar-refractivity contribution in [3.8, 4) is 0 Å². The number of rotatable bonds is 4. The Morgan fingerprint density at radius 3 is 2.94 bits per heavy atom. The maximum absolute atomic E-state index is 6.18. The minimum Gasteiger partial charge on any atom is -0.311 e. The van der Waals surface area contributed by atoms with Gasteiger partial charge in [-0.1, -0.05) is 13.3 Å². The van der Waals surface area contributed by atoms with Gasteiger partial charge in [-0.05, 0) is 35.3 Å². The Morgan fingerprint density at radius 2 is 2.29 bits per heavy atom. The van der Waals surface area contributed by atoms with Crippen LogP contribution in [0.25, 0.3) is 11.2 Å². The second-order valence-electron chi connectivity index (χ2n) is 4.09. The molecule has 1 unspecified atom stereocenters. The lowest BCUT2D eigenvalue weighted by molar-refractivity contribution is 0.612. The van der Waals surface area contributed by atoms with Crippen molar-refractivity contribution in [2.75, 3.05) is 0 Å². The number of aromatic nitrogens is 3. The fourth-order valence-corrected chi connectivity index (χ4v) is 2.33. The molecule has 0 aliphatic heterocycles. The summed E-state index contributed by atoms with van der Waals surface area (Å²) in [4.78, 5) is 9.00. The maximum atomic E-state index is 6.18. The molecule has 0 N–H and O–H groups in total. The first-order valence-electron chi connectivity index (χ1n) is 5.79.